The molecule has 2 aromatic carbocycles. The Morgan fingerprint density at radius 1 is 1.14 bits per heavy atom. The molecule has 1 spiro atoms. The van der Waals surface area contributed by atoms with E-state index in [1.807, 2.05) is 24.3 Å². The normalized spacial score (nSPS) is 25.9. The predicted octanol–water partition coefficient (Wildman–Crippen LogP) is 6.23. The van der Waals surface area contributed by atoms with E-state index in [0.29, 0.717) is 17.9 Å². The highest BCUT2D eigenvalue weighted by atomic mass is 79.9. The van der Waals surface area contributed by atoms with Crippen molar-refractivity contribution in [3.63, 3.8) is 0 Å². The molecule has 0 unspecified atom stereocenters. The standard InChI is InChI=1S/C23H23BrClNO2/c1-15-5-3-8-19-18(15)14-20(24)22(19)9-11-23(12-10-22,21(27)28-2)26-17-7-4-6-16(25)13-17/h3-8,13-14,26H,9-12H2,1-2H3. The van der Waals surface area contributed by atoms with Crippen LogP contribution in [0.5, 0.6) is 0 Å². The monoisotopic (exact) mass is 459 g/mol. The van der Waals surface area contributed by atoms with Gasteiger partial charge in [-0.2, -0.15) is 0 Å². The molecule has 4 rings (SSSR count). The Bertz CT molecular complexity index is 961. The zero-order valence-electron chi connectivity index (χ0n) is 16.0. The van der Waals surface area contributed by atoms with E-state index in [0.717, 1.165) is 18.5 Å². The minimum atomic E-state index is -0.745. The molecule has 28 heavy (non-hydrogen) atoms. The lowest BCUT2D eigenvalue weighted by atomic mass is 9.65. The first-order chi connectivity index (χ1) is 13.4. The molecule has 2 aliphatic carbocycles. The highest BCUT2D eigenvalue weighted by molar-refractivity contribution is 9.11. The number of anilines is 1. The second kappa shape index (κ2) is 7.23. The highest BCUT2D eigenvalue weighted by Gasteiger charge is 2.51. The highest BCUT2D eigenvalue weighted by Crippen LogP contribution is 2.55. The SMILES string of the molecule is COC(=O)C1(Nc2cccc(Cl)c2)CCC2(CC1)C(Br)=Cc1c(C)cccc12. The topological polar surface area (TPSA) is 38.3 Å². The van der Waals surface area contributed by atoms with Crippen molar-refractivity contribution in [2.45, 2.75) is 43.6 Å². The average molecular weight is 461 g/mol. The van der Waals surface area contributed by atoms with Crippen LogP contribution in [-0.2, 0) is 14.9 Å². The van der Waals surface area contributed by atoms with Crippen molar-refractivity contribution in [2.24, 2.45) is 0 Å². The van der Waals surface area contributed by atoms with Gasteiger partial charge in [0.25, 0.3) is 0 Å². The summed E-state index contributed by atoms with van der Waals surface area (Å²) in [6.07, 6.45) is 5.34. The van der Waals surface area contributed by atoms with E-state index >= 15 is 0 Å². The second-order valence-electron chi connectivity index (χ2n) is 7.82. The van der Waals surface area contributed by atoms with Gasteiger partial charge in [0, 0.05) is 20.6 Å². The number of ether oxygens (including phenoxy) is 1. The Kier molecular flexibility index (Phi) is 5.05. The van der Waals surface area contributed by atoms with Crippen molar-refractivity contribution in [1.82, 2.24) is 0 Å². The Hall–Kier alpha value is -1.78. The molecule has 1 N–H and O–H groups in total. The number of esters is 1. The summed E-state index contributed by atoms with van der Waals surface area (Å²) < 4.78 is 6.41. The van der Waals surface area contributed by atoms with Gasteiger partial charge in [-0.05, 0) is 73.6 Å². The van der Waals surface area contributed by atoms with Crippen molar-refractivity contribution in [3.05, 3.63) is 68.7 Å². The minimum absolute atomic E-state index is 0.0606. The van der Waals surface area contributed by atoms with Gasteiger partial charge in [0.1, 0.15) is 5.54 Å². The lowest BCUT2D eigenvalue weighted by Crippen LogP contribution is -2.52. The molecule has 0 aromatic heterocycles. The third-order valence-corrected chi connectivity index (χ3v) is 7.53. The Morgan fingerprint density at radius 3 is 2.54 bits per heavy atom. The van der Waals surface area contributed by atoms with Crippen LogP contribution in [0.4, 0.5) is 5.69 Å². The van der Waals surface area contributed by atoms with Gasteiger partial charge in [-0.15, -0.1) is 0 Å². The molecule has 5 heteroatoms. The molecule has 0 aliphatic heterocycles. The zero-order chi connectivity index (χ0) is 19.9. The van der Waals surface area contributed by atoms with E-state index in [1.54, 1.807) is 0 Å². The zero-order valence-corrected chi connectivity index (χ0v) is 18.4. The number of rotatable bonds is 3. The number of benzene rings is 2. The first-order valence-corrected chi connectivity index (χ1v) is 10.7. The maximum absolute atomic E-state index is 12.8. The van der Waals surface area contributed by atoms with Gasteiger partial charge < -0.3 is 10.1 Å². The first-order valence-electron chi connectivity index (χ1n) is 9.50. The van der Waals surface area contributed by atoms with Crippen molar-refractivity contribution in [1.29, 1.82) is 0 Å². The number of methoxy groups -OCH3 is 1. The largest absolute Gasteiger partial charge is 0.467 e. The molecule has 146 valence electrons. The van der Waals surface area contributed by atoms with Crippen molar-refractivity contribution in [3.8, 4) is 0 Å². The fourth-order valence-electron chi connectivity index (χ4n) is 4.71. The molecule has 0 radical (unpaired) electrons. The summed E-state index contributed by atoms with van der Waals surface area (Å²) in [5, 5.41) is 4.09. The number of halogens is 2. The molecule has 2 aliphatic rings. The summed E-state index contributed by atoms with van der Waals surface area (Å²) in [6, 6.07) is 14.0. The maximum Gasteiger partial charge on any atom is 0.331 e. The number of hydrogen-bond donors (Lipinski definition) is 1. The van der Waals surface area contributed by atoms with Gasteiger partial charge in [0.05, 0.1) is 7.11 Å². The number of nitrogens with one attached hydrogen (secondary N) is 1. The molecule has 0 saturated heterocycles. The van der Waals surface area contributed by atoms with Crippen LogP contribution in [-0.4, -0.2) is 18.6 Å². The van der Waals surface area contributed by atoms with Gasteiger partial charge in [-0.25, -0.2) is 4.79 Å². The predicted molar refractivity (Wildman–Crippen MR) is 118 cm³/mol. The van der Waals surface area contributed by atoms with Crippen LogP contribution in [0.2, 0.25) is 5.02 Å². The van der Waals surface area contributed by atoms with E-state index in [-0.39, 0.29) is 11.4 Å². The van der Waals surface area contributed by atoms with E-state index in [2.05, 4.69) is 52.4 Å². The molecule has 0 atom stereocenters. The first kappa shape index (κ1) is 19.5. The Balaban J connectivity index is 1.66. The van der Waals surface area contributed by atoms with Crippen molar-refractivity contribution < 1.29 is 9.53 Å². The minimum Gasteiger partial charge on any atom is -0.467 e. The number of carbonyl (C=O) groups excluding carboxylic acids is 1. The van der Waals surface area contributed by atoms with E-state index < -0.39 is 5.54 Å². The molecule has 0 heterocycles. The molecule has 0 amide bonds. The lowest BCUT2D eigenvalue weighted by molar-refractivity contribution is -0.147. The van der Waals surface area contributed by atoms with Crippen LogP contribution in [0.1, 0.15) is 42.4 Å². The Morgan fingerprint density at radius 2 is 1.86 bits per heavy atom. The Labute approximate surface area is 179 Å². The van der Waals surface area contributed by atoms with E-state index in [9.17, 15) is 4.79 Å². The van der Waals surface area contributed by atoms with Gasteiger partial charge >= 0.3 is 5.97 Å². The molecule has 3 nitrogen and oxygen atoms in total. The van der Waals surface area contributed by atoms with Crippen LogP contribution in [0.3, 0.4) is 0 Å². The molecular formula is C23H23BrClNO2. The number of carbonyl (C=O) groups is 1. The molecule has 0 bridgehead atoms. The van der Waals surface area contributed by atoms with Crippen LogP contribution in [0.15, 0.2) is 46.9 Å². The summed E-state index contributed by atoms with van der Waals surface area (Å²) in [6.45, 7) is 2.15. The maximum atomic E-state index is 12.8. The van der Waals surface area contributed by atoms with Gasteiger partial charge in [0.2, 0.25) is 0 Å². The summed E-state index contributed by atoms with van der Waals surface area (Å²) in [5.74, 6) is -0.218. The number of aryl methyl sites for hydroxylation is 1. The number of allylic oxidation sites excluding steroid dienone is 1. The molecule has 2 aromatic rings. The quantitative estimate of drug-likeness (QED) is 0.551. The van der Waals surface area contributed by atoms with E-state index in [1.165, 1.54) is 28.3 Å². The molecule has 1 fully saturated rings. The smallest absolute Gasteiger partial charge is 0.331 e. The summed E-state index contributed by atoms with van der Waals surface area (Å²) >= 11 is 9.99. The van der Waals surface area contributed by atoms with E-state index in [4.69, 9.17) is 16.3 Å². The van der Waals surface area contributed by atoms with Gasteiger partial charge in [-0.3, -0.25) is 0 Å². The molecular weight excluding hydrogens is 438 g/mol. The van der Waals surface area contributed by atoms with Crippen molar-refractivity contribution >= 4 is 45.3 Å². The van der Waals surface area contributed by atoms with Gasteiger partial charge in [0.15, 0.2) is 0 Å². The third-order valence-electron chi connectivity index (χ3n) is 6.31. The number of hydrogen-bond acceptors (Lipinski definition) is 3. The second-order valence-corrected chi connectivity index (χ2v) is 9.11. The fourth-order valence-corrected chi connectivity index (χ4v) is 5.74. The van der Waals surface area contributed by atoms with Crippen LogP contribution in [0.25, 0.3) is 6.08 Å². The summed E-state index contributed by atoms with van der Waals surface area (Å²) in [4.78, 5) is 12.8. The van der Waals surface area contributed by atoms with Crippen LogP contribution in [0, 0.1) is 6.92 Å². The summed E-state index contributed by atoms with van der Waals surface area (Å²) in [5.41, 5.74) is 3.99. The van der Waals surface area contributed by atoms with Gasteiger partial charge in [-0.1, -0.05) is 51.8 Å². The third kappa shape index (κ3) is 3.07. The van der Waals surface area contributed by atoms with Crippen molar-refractivity contribution in [2.75, 3.05) is 12.4 Å². The average Bonchev–Trinajstić information content (AvgIpc) is 2.96. The number of fused-ring (bicyclic) bond motifs is 2. The molecule has 1 saturated carbocycles. The fraction of sp³-hybridized carbons (Fsp3) is 0.348. The summed E-state index contributed by atoms with van der Waals surface area (Å²) in [7, 11) is 1.46. The lowest BCUT2D eigenvalue weighted by Gasteiger charge is -2.45. The van der Waals surface area contributed by atoms with Crippen LogP contribution < -0.4 is 5.32 Å². The van der Waals surface area contributed by atoms with Crippen LogP contribution >= 0.6 is 27.5 Å².